The minimum absolute atomic E-state index is 0.616. The number of benzene rings is 4. The first-order valence-electron chi connectivity index (χ1n) is 11.5. The topological polar surface area (TPSA) is 41.0 Å². The number of hydrogen-bond donors (Lipinski definition) is 1. The third kappa shape index (κ3) is 4.77. The van der Waals surface area contributed by atoms with Gasteiger partial charge in [-0.3, -0.25) is 0 Å². The van der Waals surface area contributed by atoms with E-state index in [4.69, 9.17) is 22.2 Å². The Kier molecular flexibility index (Phi) is 6.25. The molecule has 5 heteroatoms. The predicted molar refractivity (Wildman–Crippen MR) is 151 cm³/mol. The van der Waals surface area contributed by atoms with Crippen molar-refractivity contribution >= 4 is 39.7 Å². The van der Waals surface area contributed by atoms with Gasteiger partial charge in [-0.25, -0.2) is 9.97 Å². The molecule has 1 heterocycles. The van der Waals surface area contributed by atoms with Crippen molar-refractivity contribution in [2.24, 2.45) is 0 Å². The fourth-order valence-electron chi connectivity index (χ4n) is 3.99. The summed E-state index contributed by atoms with van der Waals surface area (Å²) in [6.07, 6.45) is 0. The number of rotatable bonds is 4. The molecule has 1 N–H and O–H groups in total. The SMILES string of the molecule is Cc1ccc(N(C)C(=S)Nc2ccc3nc(-c4ccccc4)c(-c4ccccc4)nc3c2)cc1C. The number of thiocarbonyl (C=S) groups is 1. The predicted octanol–water partition coefficient (Wildman–Crippen LogP) is 7.41. The summed E-state index contributed by atoms with van der Waals surface area (Å²) in [5.74, 6) is 0. The van der Waals surface area contributed by atoms with Gasteiger partial charge in [0.25, 0.3) is 0 Å². The molecule has 0 radical (unpaired) electrons. The number of aryl methyl sites for hydroxylation is 2. The summed E-state index contributed by atoms with van der Waals surface area (Å²) >= 11 is 5.71. The fraction of sp³-hybridized carbons (Fsp3) is 0.100. The third-order valence-corrected chi connectivity index (χ3v) is 6.57. The Morgan fingerprint density at radius 3 is 1.89 bits per heavy atom. The Morgan fingerprint density at radius 1 is 0.686 bits per heavy atom. The lowest BCUT2D eigenvalue weighted by atomic mass is 10.0. The van der Waals surface area contributed by atoms with Crippen LogP contribution in [0.25, 0.3) is 33.5 Å². The Balaban J connectivity index is 1.51. The molecule has 4 nitrogen and oxygen atoms in total. The van der Waals surface area contributed by atoms with E-state index in [0.29, 0.717) is 5.11 Å². The summed E-state index contributed by atoms with van der Waals surface area (Å²) in [5.41, 5.74) is 9.87. The fourth-order valence-corrected chi connectivity index (χ4v) is 4.21. The highest BCUT2D eigenvalue weighted by atomic mass is 32.1. The molecule has 0 aliphatic heterocycles. The first-order valence-corrected chi connectivity index (χ1v) is 11.9. The molecule has 0 spiro atoms. The van der Waals surface area contributed by atoms with Crippen molar-refractivity contribution in [3.05, 3.63) is 108 Å². The highest BCUT2D eigenvalue weighted by molar-refractivity contribution is 7.80. The van der Waals surface area contributed by atoms with Gasteiger partial charge in [-0.2, -0.15) is 0 Å². The number of fused-ring (bicyclic) bond motifs is 1. The minimum atomic E-state index is 0.616. The van der Waals surface area contributed by atoms with Crippen LogP contribution in [-0.4, -0.2) is 22.1 Å². The van der Waals surface area contributed by atoms with E-state index in [-0.39, 0.29) is 0 Å². The lowest BCUT2D eigenvalue weighted by Gasteiger charge is -2.22. The van der Waals surface area contributed by atoms with Crippen LogP contribution in [0.1, 0.15) is 11.1 Å². The molecule has 0 aliphatic rings. The number of aromatic nitrogens is 2. The zero-order valence-electron chi connectivity index (χ0n) is 20.0. The molecule has 0 saturated carbocycles. The van der Waals surface area contributed by atoms with Crippen molar-refractivity contribution in [2.45, 2.75) is 13.8 Å². The van der Waals surface area contributed by atoms with E-state index < -0.39 is 0 Å². The smallest absolute Gasteiger partial charge is 0.177 e. The average molecular weight is 475 g/mol. The molecular weight excluding hydrogens is 448 g/mol. The van der Waals surface area contributed by atoms with E-state index in [1.165, 1.54) is 11.1 Å². The van der Waals surface area contributed by atoms with Crippen LogP contribution in [0.5, 0.6) is 0 Å². The van der Waals surface area contributed by atoms with Crippen LogP contribution in [0.2, 0.25) is 0 Å². The average Bonchev–Trinajstić information content (AvgIpc) is 2.90. The van der Waals surface area contributed by atoms with Crippen molar-refractivity contribution in [2.75, 3.05) is 17.3 Å². The first-order chi connectivity index (χ1) is 17.0. The molecule has 0 amide bonds. The Morgan fingerprint density at radius 2 is 1.29 bits per heavy atom. The molecule has 0 unspecified atom stereocenters. The molecule has 5 aromatic rings. The number of anilines is 2. The van der Waals surface area contributed by atoms with Gasteiger partial charge in [0, 0.05) is 29.5 Å². The quantitative estimate of drug-likeness (QED) is 0.275. The van der Waals surface area contributed by atoms with Crippen LogP contribution >= 0.6 is 12.2 Å². The summed E-state index contributed by atoms with van der Waals surface area (Å²) in [6, 6.07) is 32.7. The molecule has 0 fully saturated rings. The maximum Gasteiger partial charge on any atom is 0.177 e. The van der Waals surface area contributed by atoms with Crippen LogP contribution in [0.15, 0.2) is 97.1 Å². The molecular formula is C30H26N4S. The summed E-state index contributed by atoms with van der Waals surface area (Å²) in [4.78, 5) is 12.0. The number of nitrogens with one attached hydrogen (secondary N) is 1. The normalized spacial score (nSPS) is 10.8. The molecule has 35 heavy (non-hydrogen) atoms. The lowest BCUT2D eigenvalue weighted by Crippen LogP contribution is -2.30. The zero-order valence-corrected chi connectivity index (χ0v) is 20.8. The monoisotopic (exact) mass is 474 g/mol. The molecule has 0 saturated heterocycles. The molecule has 0 aliphatic carbocycles. The first kappa shape index (κ1) is 22.7. The summed E-state index contributed by atoms with van der Waals surface area (Å²) < 4.78 is 0. The molecule has 0 bridgehead atoms. The maximum absolute atomic E-state index is 5.71. The van der Waals surface area contributed by atoms with Crippen molar-refractivity contribution < 1.29 is 0 Å². The lowest BCUT2D eigenvalue weighted by molar-refractivity contribution is 1.24. The third-order valence-electron chi connectivity index (χ3n) is 6.19. The van der Waals surface area contributed by atoms with Crippen LogP contribution in [0.4, 0.5) is 11.4 Å². The van der Waals surface area contributed by atoms with Crippen molar-refractivity contribution in [1.29, 1.82) is 0 Å². The van der Waals surface area contributed by atoms with Crippen molar-refractivity contribution in [3.8, 4) is 22.5 Å². The second-order valence-corrected chi connectivity index (χ2v) is 9.00. The largest absolute Gasteiger partial charge is 0.332 e. The van der Waals surface area contributed by atoms with Crippen LogP contribution in [0.3, 0.4) is 0 Å². The van der Waals surface area contributed by atoms with Gasteiger partial charge in [-0.15, -0.1) is 0 Å². The molecule has 4 aromatic carbocycles. The molecule has 1 aromatic heterocycles. The van der Waals surface area contributed by atoms with E-state index in [2.05, 4.69) is 61.6 Å². The van der Waals surface area contributed by atoms with Gasteiger partial charge >= 0.3 is 0 Å². The van der Waals surface area contributed by atoms with Crippen LogP contribution < -0.4 is 10.2 Å². The van der Waals surface area contributed by atoms with E-state index in [1.807, 2.05) is 66.5 Å². The van der Waals surface area contributed by atoms with Gasteiger partial charge in [0.2, 0.25) is 0 Å². The second-order valence-electron chi connectivity index (χ2n) is 8.61. The van der Waals surface area contributed by atoms with Crippen LogP contribution in [-0.2, 0) is 0 Å². The highest BCUT2D eigenvalue weighted by Crippen LogP contribution is 2.31. The molecule has 0 atom stereocenters. The van der Waals surface area contributed by atoms with Gasteiger partial charge in [0.1, 0.15) is 0 Å². The second kappa shape index (κ2) is 9.65. The van der Waals surface area contributed by atoms with E-state index in [0.717, 1.165) is 44.9 Å². The van der Waals surface area contributed by atoms with Gasteiger partial charge in [-0.1, -0.05) is 66.7 Å². The molecule has 5 rings (SSSR count). The summed E-state index contributed by atoms with van der Waals surface area (Å²) in [7, 11) is 1.97. The van der Waals surface area contributed by atoms with Gasteiger partial charge in [-0.05, 0) is 67.5 Å². The van der Waals surface area contributed by atoms with E-state index in [9.17, 15) is 0 Å². The Labute approximate surface area is 211 Å². The maximum atomic E-state index is 5.71. The summed E-state index contributed by atoms with van der Waals surface area (Å²) in [6.45, 7) is 4.22. The Bertz CT molecular complexity index is 1510. The number of hydrogen-bond acceptors (Lipinski definition) is 3. The standard InChI is InChI=1S/C30H26N4S/c1-20-14-16-25(18-21(20)2)34(3)30(35)31-24-15-17-26-27(19-24)33-29(23-12-8-5-9-13-23)28(32-26)22-10-6-4-7-11-22/h4-19H,1-3H3,(H,31,35). The van der Waals surface area contributed by atoms with E-state index >= 15 is 0 Å². The van der Waals surface area contributed by atoms with Crippen LogP contribution in [0, 0.1) is 13.8 Å². The molecule has 172 valence electrons. The highest BCUT2D eigenvalue weighted by Gasteiger charge is 2.14. The van der Waals surface area contributed by atoms with Crippen molar-refractivity contribution in [3.63, 3.8) is 0 Å². The van der Waals surface area contributed by atoms with E-state index in [1.54, 1.807) is 0 Å². The zero-order chi connectivity index (χ0) is 24.4. The van der Waals surface area contributed by atoms with Gasteiger partial charge < -0.3 is 10.2 Å². The number of nitrogens with zero attached hydrogens (tertiary/aromatic N) is 3. The Hall–Kier alpha value is -4.09. The summed E-state index contributed by atoms with van der Waals surface area (Å²) in [5, 5.41) is 3.98. The minimum Gasteiger partial charge on any atom is -0.332 e. The van der Waals surface area contributed by atoms with Crippen molar-refractivity contribution in [1.82, 2.24) is 9.97 Å². The van der Waals surface area contributed by atoms with Gasteiger partial charge in [0.15, 0.2) is 5.11 Å². The van der Waals surface area contributed by atoms with Gasteiger partial charge in [0.05, 0.1) is 22.4 Å².